The summed E-state index contributed by atoms with van der Waals surface area (Å²) in [7, 11) is 2.23. The minimum atomic E-state index is 0.681. The number of aromatic nitrogens is 2. The number of benzene rings is 1. The van der Waals surface area contributed by atoms with Gasteiger partial charge < -0.3 is 15.1 Å². The monoisotopic (exact) mass is 295 g/mol. The van der Waals surface area contributed by atoms with Crippen LogP contribution >= 0.6 is 0 Å². The number of nitrogens with zero attached hydrogens (tertiary/aromatic N) is 4. The Morgan fingerprint density at radius 1 is 1.14 bits per heavy atom. The Bertz CT molecular complexity index is 645. The van der Waals surface area contributed by atoms with Gasteiger partial charge in [0.2, 0.25) is 0 Å². The second kappa shape index (κ2) is 5.57. The first-order valence-electron chi connectivity index (χ1n) is 7.89. The van der Waals surface area contributed by atoms with Gasteiger partial charge in [-0.1, -0.05) is 18.2 Å². The molecule has 5 heteroatoms. The predicted molar refractivity (Wildman–Crippen MR) is 88.5 cm³/mol. The van der Waals surface area contributed by atoms with Gasteiger partial charge in [-0.05, 0) is 38.1 Å². The van der Waals surface area contributed by atoms with E-state index in [2.05, 4.69) is 32.1 Å². The molecule has 1 aromatic heterocycles. The van der Waals surface area contributed by atoms with E-state index in [0.29, 0.717) is 6.04 Å². The van der Waals surface area contributed by atoms with Crippen molar-refractivity contribution < 1.29 is 0 Å². The Kier molecular flexibility index (Phi) is 3.42. The van der Waals surface area contributed by atoms with Crippen LogP contribution < -0.4 is 10.2 Å². The number of para-hydroxylation sites is 1. The van der Waals surface area contributed by atoms with Gasteiger partial charge in [-0.2, -0.15) is 0 Å². The third kappa shape index (κ3) is 2.52. The summed E-state index contributed by atoms with van der Waals surface area (Å²) in [6.07, 6.45) is 2.95. The van der Waals surface area contributed by atoms with Gasteiger partial charge in [-0.3, -0.25) is 0 Å². The maximum absolute atomic E-state index is 4.47. The second-order valence-corrected chi connectivity index (χ2v) is 6.25. The van der Waals surface area contributed by atoms with E-state index in [0.717, 1.165) is 36.3 Å². The van der Waals surface area contributed by atoms with E-state index >= 15 is 0 Å². The molecular formula is C17H21N5. The van der Waals surface area contributed by atoms with Crippen LogP contribution in [0.4, 0.5) is 17.3 Å². The molecule has 2 fully saturated rings. The zero-order valence-electron chi connectivity index (χ0n) is 12.8. The molecule has 1 N–H and O–H groups in total. The number of nitrogens with one attached hydrogen (secondary N) is 1. The van der Waals surface area contributed by atoms with Crippen LogP contribution in [-0.4, -0.2) is 47.6 Å². The van der Waals surface area contributed by atoms with Crippen molar-refractivity contribution in [2.45, 2.75) is 12.5 Å². The summed E-state index contributed by atoms with van der Waals surface area (Å²) in [6.45, 7) is 3.41. The van der Waals surface area contributed by atoms with Crippen molar-refractivity contribution in [3.05, 3.63) is 42.7 Å². The van der Waals surface area contributed by atoms with Gasteiger partial charge >= 0.3 is 0 Å². The SMILES string of the molecule is CN1CC[C@@H]2CN(c3cc(Nc4ccccc4)ncn3)C[C@@H]21. The van der Waals surface area contributed by atoms with Gasteiger partial charge in [-0.15, -0.1) is 0 Å². The van der Waals surface area contributed by atoms with Crippen LogP contribution in [0, 0.1) is 5.92 Å². The molecule has 0 spiro atoms. The van der Waals surface area contributed by atoms with E-state index in [9.17, 15) is 0 Å². The Morgan fingerprint density at radius 3 is 2.82 bits per heavy atom. The highest BCUT2D eigenvalue weighted by Gasteiger charge is 2.39. The lowest BCUT2D eigenvalue weighted by molar-refractivity contribution is 0.310. The van der Waals surface area contributed by atoms with Crippen LogP contribution in [0.25, 0.3) is 0 Å². The number of hydrogen-bond donors (Lipinski definition) is 1. The van der Waals surface area contributed by atoms with E-state index in [1.165, 1.54) is 13.0 Å². The molecule has 0 unspecified atom stereocenters. The molecule has 114 valence electrons. The van der Waals surface area contributed by atoms with E-state index in [1.54, 1.807) is 6.33 Å². The molecule has 0 radical (unpaired) electrons. The molecule has 0 saturated carbocycles. The van der Waals surface area contributed by atoms with Crippen molar-refractivity contribution >= 4 is 17.3 Å². The van der Waals surface area contributed by atoms with E-state index in [-0.39, 0.29) is 0 Å². The number of hydrogen-bond acceptors (Lipinski definition) is 5. The first kappa shape index (κ1) is 13.5. The number of anilines is 3. The van der Waals surface area contributed by atoms with Crippen molar-refractivity contribution in [1.82, 2.24) is 14.9 Å². The first-order chi connectivity index (χ1) is 10.8. The fourth-order valence-electron chi connectivity index (χ4n) is 3.62. The van der Waals surface area contributed by atoms with Crippen molar-refractivity contribution in [3.8, 4) is 0 Å². The van der Waals surface area contributed by atoms with Crippen LogP contribution in [0.15, 0.2) is 42.7 Å². The Labute approximate surface area is 131 Å². The lowest BCUT2D eigenvalue weighted by atomic mass is 10.1. The van der Waals surface area contributed by atoms with E-state index < -0.39 is 0 Å². The minimum absolute atomic E-state index is 0.681. The summed E-state index contributed by atoms with van der Waals surface area (Å²) in [5, 5.41) is 3.34. The first-order valence-corrected chi connectivity index (χ1v) is 7.89. The molecule has 0 bridgehead atoms. The van der Waals surface area contributed by atoms with Crippen molar-refractivity contribution in [2.75, 3.05) is 36.9 Å². The van der Waals surface area contributed by atoms with Gasteiger partial charge in [0.15, 0.2) is 0 Å². The topological polar surface area (TPSA) is 44.3 Å². The number of likely N-dealkylation sites (tertiary alicyclic amines) is 1. The molecular weight excluding hydrogens is 274 g/mol. The number of fused-ring (bicyclic) bond motifs is 1. The molecule has 4 rings (SSSR count). The van der Waals surface area contributed by atoms with Crippen LogP contribution in [-0.2, 0) is 0 Å². The van der Waals surface area contributed by atoms with Crippen molar-refractivity contribution in [3.63, 3.8) is 0 Å². The molecule has 2 atom stereocenters. The predicted octanol–water partition coefficient (Wildman–Crippen LogP) is 2.36. The largest absolute Gasteiger partial charge is 0.355 e. The molecule has 2 saturated heterocycles. The molecule has 2 aromatic rings. The average molecular weight is 295 g/mol. The molecule has 2 aliphatic heterocycles. The van der Waals surface area contributed by atoms with Crippen LogP contribution in [0.5, 0.6) is 0 Å². The lowest BCUT2D eigenvalue weighted by Gasteiger charge is -2.21. The molecule has 0 aliphatic carbocycles. The van der Waals surface area contributed by atoms with Gasteiger partial charge in [-0.25, -0.2) is 9.97 Å². The highest BCUT2D eigenvalue weighted by atomic mass is 15.3. The normalized spacial score (nSPS) is 24.5. The quantitative estimate of drug-likeness (QED) is 0.942. The molecule has 3 heterocycles. The third-order valence-electron chi connectivity index (χ3n) is 4.85. The highest BCUT2D eigenvalue weighted by molar-refractivity contribution is 5.59. The lowest BCUT2D eigenvalue weighted by Crippen LogP contribution is -2.32. The standard InChI is InChI=1S/C17H21N5/c1-21-8-7-13-10-22(11-15(13)21)17-9-16(18-12-19-17)20-14-5-3-2-4-6-14/h2-6,9,12-13,15H,7-8,10-11H2,1H3,(H,18,19,20)/t13-,15+/m1/s1. The van der Waals surface area contributed by atoms with Crippen molar-refractivity contribution in [2.24, 2.45) is 5.92 Å². The molecule has 5 nitrogen and oxygen atoms in total. The van der Waals surface area contributed by atoms with Gasteiger partial charge in [0.25, 0.3) is 0 Å². The molecule has 22 heavy (non-hydrogen) atoms. The number of likely N-dealkylation sites (N-methyl/N-ethyl adjacent to an activating group) is 1. The minimum Gasteiger partial charge on any atom is -0.355 e. The zero-order valence-corrected chi connectivity index (χ0v) is 12.8. The zero-order chi connectivity index (χ0) is 14.9. The number of rotatable bonds is 3. The average Bonchev–Trinajstić information content (AvgIpc) is 3.11. The summed E-state index contributed by atoms with van der Waals surface area (Å²) in [5.74, 6) is 2.66. The summed E-state index contributed by atoms with van der Waals surface area (Å²) in [5.41, 5.74) is 1.05. The fraction of sp³-hybridized carbons (Fsp3) is 0.412. The third-order valence-corrected chi connectivity index (χ3v) is 4.85. The van der Waals surface area contributed by atoms with Crippen LogP contribution in [0.3, 0.4) is 0 Å². The maximum atomic E-state index is 4.47. The smallest absolute Gasteiger partial charge is 0.135 e. The molecule has 0 amide bonds. The van der Waals surface area contributed by atoms with Crippen molar-refractivity contribution in [1.29, 1.82) is 0 Å². The van der Waals surface area contributed by atoms with E-state index in [4.69, 9.17) is 0 Å². The summed E-state index contributed by atoms with van der Waals surface area (Å²) >= 11 is 0. The molecule has 1 aromatic carbocycles. The molecule has 2 aliphatic rings. The summed E-state index contributed by atoms with van der Waals surface area (Å²) in [4.78, 5) is 13.7. The summed E-state index contributed by atoms with van der Waals surface area (Å²) < 4.78 is 0. The Balaban J connectivity index is 1.50. The van der Waals surface area contributed by atoms with E-state index in [1.807, 2.05) is 36.4 Å². The summed E-state index contributed by atoms with van der Waals surface area (Å²) in [6, 6.07) is 12.8. The van der Waals surface area contributed by atoms with Crippen LogP contribution in [0.1, 0.15) is 6.42 Å². The van der Waals surface area contributed by atoms with Gasteiger partial charge in [0, 0.05) is 30.9 Å². The Hall–Kier alpha value is -2.14. The second-order valence-electron chi connectivity index (χ2n) is 6.25. The van der Waals surface area contributed by atoms with Gasteiger partial charge in [0.05, 0.1) is 0 Å². The Morgan fingerprint density at radius 2 is 2.00 bits per heavy atom. The highest BCUT2D eigenvalue weighted by Crippen LogP contribution is 2.32. The van der Waals surface area contributed by atoms with Gasteiger partial charge in [0.1, 0.15) is 18.0 Å². The maximum Gasteiger partial charge on any atom is 0.135 e. The van der Waals surface area contributed by atoms with Crippen LogP contribution in [0.2, 0.25) is 0 Å². The fourth-order valence-corrected chi connectivity index (χ4v) is 3.62.